The summed E-state index contributed by atoms with van der Waals surface area (Å²) in [5, 5.41) is 23.1. The van der Waals surface area contributed by atoms with E-state index in [9.17, 15) is 15.0 Å². The molecule has 0 aromatic carbocycles. The van der Waals surface area contributed by atoms with Gasteiger partial charge in [0.1, 0.15) is 0 Å². The molecule has 3 N–H and O–H groups in total. The predicted molar refractivity (Wildman–Crippen MR) is 272 cm³/mol. The average molecular weight is 857 g/mol. The Balaban J connectivity index is 3.50. The second kappa shape index (κ2) is 53.0. The fourth-order valence-electron chi connectivity index (χ4n) is 8.60. The van der Waals surface area contributed by atoms with E-state index in [1.165, 1.54) is 250 Å². The Kier molecular flexibility index (Phi) is 51.7. The summed E-state index contributed by atoms with van der Waals surface area (Å²) in [5.74, 6) is -0.0754. The maximum absolute atomic E-state index is 12.4. The van der Waals surface area contributed by atoms with Crippen molar-refractivity contribution in [2.45, 2.75) is 315 Å². The molecule has 0 aliphatic heterocycles. The van der Waals surface area contributed by atoms with Crippen LogP contribution < -0.4 is 5.32 Å². The minimum atomic E-state index is -0.864. The molecule has 2 atom stereocenters. The van der Waals surface area contributed by atoms with Gasteiger partial charge in [-0.2, -0.15) is 0 Å². The molecule has 0 aliphatic carbocycles. The molecule has 0 aromatic heterocycles. The fraction of sp³-hybridized carbons (Fsp3) is 0.877. The van der Waals surface area contributed by atoms with Crippen LogP contribution >= 0.6 is 0 Å². The maximum atomic E-state index is 12.4. The van der Waals surface area contributed by atoms with Crippen LogP contribution in [0.5, 0.6) is 0 Å². The van der Waals surface area contributed by atoms with Crippen LogP contribution in [0.1, 0.15) is 303 Å². The summed E-state index contributed by atoms with van der Waals surface area (Å²) in [7, 11) is 0. The lowest BCUT2D eigenvalue weighted by atomic mass is 10.0. The van der Waals surface area contributed by atoms with Gasteiger partial charge in [0.2, 0.25) is 5.91 Å². The van der Waals surface area contributed by atoms with Crippen LogP contribution in [0.15, 0.2) is 36.5 Å². The SMILES string of the molecule is CCCCCCCCC/C=C\CCCCCCCCCC(=O)NC(CO)C(O)/C=C/CC/C=C/CCCCCCCCCCCCCCCCCCCCCCCCCCC. The van der Waals surface area contributed by atoms with E-state index in [4.69, 9.17) is 0 Å². The van der Waals surface area contributed by atoms with E-state index >= 15 is 0 Å². The van der Waals surface area contributed by atoms with Crippen molar-refractivity contribution in [3.05, 3.63) is 36.5 Å². The van der Waals surface area contributed by atoms with E-state index in [2.05, 4.69) is 43.5 Å². The maximum Gasteiger partial charge on any atom is 0.220 e. The first-order chi connectivity index (χ1) is 30.2. The number of hydrogen-bond donors (Lipinski definition) is 3. The second-order valence-corrected chi connectivity index (χ2v) is 19.0. The van der Waals surface area contributed by atoms with Crippen molar-refractivity contribution < 1.29 is 15.0 Å². The van der Waals surface area contributed by atoms with E-state index in [1.54, 1.807) is 6.08 Å². The summed E-state index contributed by atoms with van der Waals surface area (Å²) >= 11 is 0. The number of nitrogens with one attached hydrogen (secondary N) is 1. The average Bonchev–Trinajstić information content (AvgIpc) is 3.26. The molecule has 360 valence electrons. The zero-order valence-electron chi connectivity index (χ0n) is 41.4. The van der Waals surface area contributed by atoms with Crippen molar-refractivity contribution in [3.63, 3.8) is 0 Å². The molecule has 1 amide bonds. The van der Waals surface area contributed by atoms with Crippen LogP contribution in [0.25, 0.3) is 0 Å². The number of allylic oxidation sites excluding steroid dienone is 5. The molecule has 4 nitrogen and oxygen atoms in total. The van der Waals surface area contributed by atoms with Gasteiger partial charge in [0, 0.05) is 6.42 Å². The van der Waals surface area contributed by atoms with E-state index in [1.807, 2.05) is 6.08 Å². The van der Waals surface area contributed by atoms with Crippen molar-refractivity contribution in [1.82, 2.24) is 5.32 Å². The summed E-state index contributed by atoms with van der Waals surface area (Å²) in [4.78, 5) is 12.4. The third-order valence-electron chi connectivity index (χ3n) is 12.8. The highest BCUT2D eigenvalue weighted by atomic mass is 16.3. The van der Waals surface area contributed by atoms with Gasteiger partial charge in [-0.05, 0) is 57.8 Å². The number of aliphatic hydroxyl groups is 2. The van der Waals surface area contributed by atoms with Crippen molar-refractivity contribution >= 4 is 5.91 Å². The molecule has 0 aromatic rings. The highest BCUT2D eigenvalue weighted by Crippen LogP contribution is 2.17. The number of carbonyl (C=O) groups is 1. The lowest BCUT2D eigenvalue weighted by Gasteiger charge is -2.19. The first-order valence-corrected chi connectivity index (χ1v) is 27.7. The fourth-order valence-corrected chi connectivity index (χ4v) is 8.60. The molecule has 0 spiro atoms. The van der Waals surface area contributed by atoms with Crippen LogP contribution in [0.3, 0.4) is 0 Å². The topological polar surface area (TPSA) is 69.6 Å². The second-order valence-electron chi connectivity index (χ2n) is 19.0. The Morgan fingerprint density at radius 3 is 0.951 bits per heavy atom. The molecular weight excluding hydrogens is 747 g/mol. The van der Waals surface area contributed by atoms with Crippen molar-refractivity contribution in [2.75, 3.05) is 6.61 Å². The quantitative estimate of drug-likeness (QED) is 0.0422. The lowest BCUT2D eigenvalue weighted by Crippen LogP contribution is -2.45. The van der Waals surface area contributed by atoms with Gasteiger partial charge in [0.25, 0.3) is 0 Å². The summed E-state index contributed by atoms with van der Waals surface area (Å²) < 4.78 is 0. The molecule has 61 heavy (non-hydrogen) atoms. The minimum absolute atomic E-state index is 0.0754. The molecule has 0 saturated carbocycles. The third kappa shape index (κ3) is 49.5. The Bertz CT molecular complexity index is 928. The van der Waals surface area contributed by atoms with Crippen molar-refractivity contribution in [1.29, 1.82) is 0 Å². The monoisotopic (exact) mass is 856 g/mol. The molecule has 4 heteroatoms. The minimum Gasteiger partial charge on any atom is -0.394 e. The smallest absolute Gasteiger partial charge is 0.220 e. The van der Waals surface area contributed by atoms with E-state index in [0.717, 1.165) is 32.1 Å². The largest absolute Gasteiger partial charge is 0.394 e. The first kappa shape index (κ1) is 59.6. The third-order valence-corrected chi connectivity index (χ3v) is 12.8. The number of carbonyl (C=O) groups excluding carboxylic acids is 1. The number of rotatable bonds is 51. The Morgan fingerprint density at radius 1 is 0.377 bits per heavy atom. The Labute approximate surface area is 382 Å². The van der Waals surface area contributed by atoms with Crippen LogP contribution in [-0.2, 0) is 4.79 Å². The molecule has 0 heterocycles. The normalized spacial score (nSPS) is 13.0. The molecule has 0 radical (unpaired) electrons. The molecule has 0 fully saturated rings. The standard InChI is InChI=1S/C57H109NO3/c1-3-5-7-9-11-13-15-17-19-21-23-24-25-26-27-28-29-30-31-32-33-34-35-36-38-40-42-44-46-48-50-52-56(60)55(54-59)58-57(61)53-51-49-47-45-43-41-39-37-22-20-18-16-14-12-10-8-6-4-2/h20,22,42,44,50,52,55-56,59-60H,3-19,21,23-41,43,45-49,51,53-54H2,1-2H3,(H,58,61)/b22-20-,44-42+,52-50+. The summed E-state index contributed by atoms with van der Waals surface area (Å²) in [6, 6.07) is -0.641. The van der Waals surface area contributed by atoms with Gasteiger partial charge in [-0.3, -0.25) is 4.79 Å². The highest BCUT2D eigenvalue weighted by molar-refractivity contribution is 5.76. The van der Waals surface area contributed by atoms with Gasteiger partial charge in [0.05, 0.1) is 18.8 Å². The Morgan fingerprint density at radius 2 is 0.639 bits per heavy atom. The van der Waals surface area contributed by atoms with Gasteiger partial charge in [0.15, 0.2) is 0 Å². The Hall–Kier alpha value is -1.39. The molecule has 0 rings (SSSR count). The molecule has 2 unspecified atom stereocenters. The van der Waals surface area contributed by atoms with Gasteiger partial charge < -0.3 is 15.5 Å². The van der Waals surface area contributed by atoms with E-state index in [0.29, 0.717) is 6.42 Å². The number of unbranched alkanes of at least 4 members (excludes halogenated alkanes) is 40. The zero-order valence-corrected chi connectivity index (χ0v) is 41.4. The predicted octanol–water partition coefficient (Wildman–Crippen LogP) is 18.1. The van der Waals surface area contributed by atoms with Gasteiger partial charge in [-0.1, -0.05) is 275 Å². The van der Waals surface area contributed by atoms with Gasteiger partial charge in [-0.25, -0.2) is 0 Å². The van der Waals surface area contributed by atoms with Crippen molar-refractivity contribution in [2.24, 2.45) is 0 Å². The summed E-state index contributed by atoms with van der Waals surface area (Å²) in [6.07, 6.45) is 71.7. The van der Waals surface area contributed by atoms with Crippen LogP contribution in [0.4, 0.5) is 0 Å². The van der Waals surface area contributed by atoms with Crippen LogP contribution in [0.2, 0.25) is 0 Å². The van der Waals surface area contributed by atoms with Crippen molar-refractivity contribution in [3.8, 4) is 0 Å². The van der Waals surface area contributed by atoms with E-state index < -0.39 is 12.1 Å². The van der Waals surface area contributed by atoms with E-state index in [-0.39, 0.29) is 12.5 Å². The lowest BCUT2D eigenvalue weighted by molar-refractivity contribution is -0.123. The molecule has 0 saturated heterocycles. The number of amides is 1. The molecule has 0 aliphatic rings. The van der Waals surface area contributed by atoms with Crippen LogP contribution in [-0.4, -0.2) is 34.9 Å². The molecule has 0 bridgehead atoms. The highest BCUT2D eigenvalue weighted by Gasteiger charge is 2.18. The van der Waals surface area contributed by atoms with Gasteiger partial charge >= 0.3 is 0 Å². The zero-order chi connectivity index (χ0) is 44.2. The van der Waals surface area contributed by atoms with Crippen LogP contribution in [0, 0.1) is 0 Å². The molecular formula is C57H109NO3. The van der Waals surface area contributed by atoms with Gasteiger partial charge in [-0.15, -0.1) is 0 Å². The first-order valence-electron chi connectivity index (χ1n) is 27.7. The summed E-state index contributed by atoms with van der Waals surface area (Å²) in [5.41, 5.74) is 0. The number of aliphatic hydroxyl groups excluding tert-OH is 2. The number of hydrogen-bond acceptors (Lipinski definition) is 3. The summed E-state index contributed by atoms with van der Waals surface area (Å²) in [6.45, 7) is 4.32.